The first-order valence-electron chi connectivity index (χ1n) is 8.13. The second-order valence-electron chi connectivity index (χ2n) is 6.21. The highest BCUT2D eigenvalue weighted by atomic mass is 19.1. The van der Waals surface area contributed by atoms with Crippen LogP contribution < -0.4 is 14.8 Å². The van der Waals surface area contributed by atoms with Crippen LogP contribution in [0.15, 0.2) is 48.5 Å². The third kappa shape index (κ3) is 2.94. The molecule has 1 heterocycles. The number of nitrogens with one attached hydrogen (secondary N) is 1. The summed E-state index contributed by atoms with van der Waals surface area (Å²) in [6.45, 7) is 0.784. The molecule has 124 valence electrons. The average molecular weight is 327 g/mol. The third-order valence-electron chi connectivity index (χ3n) is 4.50. The lowest BCUT2D eigenvalue weighted by Gasteiger charge is -2.26. The van der Waals surface area contributed by atoms with Gasteiger partial charge in [-0.05, 0) is 36.1 Å². The zero-order valence-electron chi connectivity index (χ0n) is 13.1. The first-order chi connectivity index (χ1) is 11.7. The number of rotatable bonds is 4. The number of hydrogen-bond acceptors (Lipinski definition) is 3. The topological polar surface area (TPSA) is 47.6 Å². The molecule has 3 atom stereocenters. The monoisotopic (exact) mass is 327 g/mol. The van der Waals surface area contributed by atoms with Crippen LogP contribution >= 0.6 is 0 Å². The van der Waals surface area contributed by atoms with E-state index >= 15 is 0 Å². The van der Waals surface area contributed by atoms with E-state index in [0.29, 0.717) is 30.9 Å². The molecule has 2 aromatic carbocycles. The minimum Gasteiger partial charge on any atom is -0.486 e. The molecule has 3 unspecified atom stereocenters. The van der Waals surface area contributed by atoms with Gasteiger partial charge in [-0.25, -0.2) is 4.39 Å². The van der Waals surface area contributed by atoms with E-state index in [-0.39, 0.29) is 29.7 Å². The van der Waals surface area contributed by atoms with Gasteiger partial charge in [-0.15, -0.1) is 0 Å². The van der Waals surface area contributed by atoms with Crippen LogP contribution in [0.3, 0.4) is 0 Å². The minimum absolute atomic E-state index is 0.0181. The zero-order valence-corrected chi connectivity index (χ0v) is 13.1. The quantitative estimate of drug-likeness (QED) is 0.939. The fourth-order valence-corrected chi connectivity index (χ4v) is 3.11. The summed E-state index contributed by atoms with van der Waals surface area (Å²) in [5.41, 5.74) is 0.629. The fourth-order valence-electron chi connectivity index (χ4n) is 3.11. The van der Waals surface area contributed by atoms with E-state index in [9.17, 15) is 9.18 Å². The second kappa shape index (κ2) is 6.15. The number of para-hydroxylation sites is 2. The van der Waals surface area contributed by atoms with Gasteiger partial charge in [-0.3, -0.25) is 4.79 Å². The SMILES string of the molecule is O=C(NCC1COc2ccccc2O1)C1CC1c1ccccc1F. The maximum absolute atomic E-state index is 13.8. The van der Waals surface area contributed by atoms with Crippen LogP contribution in [0.2, 0.25) is 0 Å². The Labute approximate surface area is 139 Å². The Kier molecular flexibility index (Phi) is 3.84. The summed E-state index contributed by atoms with van der Waals surface area (Å²) < 4.78 is 25.2. The van der Waals surface area contributed by atoms with E-state index in [2.05, 4.69) is 5.32 Å². The Morgan fingerprint density at radius 3 is 2.71 bits per heavy atom. The molecule has 1 fully saturated rings. The summed E-state index contributed by atoms with van der Waals surface area (Å²) in [4.78, 5) is 12.3. The largest absolute Gasteiger partial charge is 0.486 e. The van der Waals surface area contributed by atoms with Crippen LogP contribution in [0.4, 0.5) is 4.39 Å². The molecule has 0 bridgehead atoms. The van der Waals surface area contributed by atoms with Gasteiger partial charge in [0.2, 0.25) is 5.91 Å². The van der Waals surface area contributed by atoms with Crippen molar-refractivity contribution in [3.8, 4) is 11.5 Å². The number of amides is 1. The van der Waals surface area contributed by atoms with E-state index in [1.807, 2.05) is 24.3 Å². The molecule has 24 heavy (non-hydrogen) atoms. The molecular weight excluding hydrogens is 309 g/mol. The van der Waals surface area contributed by atoms with Crippen LogP contribution in [0.1, 0.15) is 17.9 Å². The highest BCUT2D eigenvalue weighted by molar-refractivity contribution is 5.82. The maximum atomic E-state index is 13.8. The molecule has 2 aromatic rings. The molecule has 0 aromatic heterocycles. The number of fused-ring (bicyclic) bond motifs is 1. The van der Waals surface area contributed by atoms with Gasteiger partial charge in [-0.1, -0.05) is 30.3 Å². The maximum Gasteiger partial charge on any atom is 0.223 e. The lowest BCUT2D eigenvalue weighted by Crippen LogP contribution is -2.41. The van der Waals surface area contributed by atoms with Gasteiger partial charge in [0.1, 0.15) is 18.5 Å². The predicted molar refractivity (Wildman–Crippen MR) is 86.6 cm³/mol. The van der Waals surface area contributed by atoms with Crippen molar-refractivity contribution < 1.29 is 18.7 Å². The molecule has 1 aliphatic heterocycles. The molecular formula is C19H18FNO3. The molecule has 4 rings (SSSR count). The number of hydrogen-bond donors (Lipinski definition) is 1. The van der Waals surface area contributed by atoms with Crippen molar-refractivity contribution in [3.05, 3.63) is 59.9 Å². The Bertz CT molecular complexity index is 764. The Balaban J connectivity index is 1.30. The highest BCUT2D eigenvalue weighted by Gasteiger charge is 2.45. The van der Waals surface area contributed by atoms with Gasteiger partial charge in [0, 0.05) is 5.92 Å². The van der Waals surface area contributed by atoms with Crippen molar-refractivity contribution in [2.45, 2.75) is 18.4 Å². The summed E-state index contributed by atoms with van der Waals surface area (Å²) in [6.07, 6.45) is 0.479. The van der Waals surface area contributed by atoms with E-state index in [1.54, 1.807) is 18.2 Å². The smallest absolute Gasteiger partial charge is 0.223 e. The van der Waals surface area contributed by atoms with Crippen molar-refractivity contribution >= 4 is 5.91 Å². The Morgan fingerprint density at radius 2 is 1.88 bits per heavy atom. The molecule has 1 amide bonds. The number of ether oxygens (including phenoxy) is 2. The van der Waals surface area contributed by atoms with Crippen LogP contribution in [0.5, 0.6) is 11.5 Å². The Morgan fingerprint density at radius 1 is 1.12 bits per heavy atom. The van der Waals surface area contributed by atoms with Gasteiger partial charge >= 0.3 is 0 Å². The number of carbonyl (C=O) groups is 1. The summed E-state index contributed by atoms with van der Waals surface area (Å²) >= 11 is 0. The van der Waals surface area contributed by atoms with Gasteiger partial charge in [0.05, 0.1) is 6.54 Å². The van der Waals surface area contributed by atoms with E-state index < -0.39 is 0 Å². The third-order valence-corrected chi connectivity index (χ3v) is 4.50. The first-order valence-corrected chi connectivity index (χ1v) is 8.13. The number of halogens is 1. The molecule has 0 radical (unpaired) electrons. The molecule has 1 aliphatic carbocycles. The van der Waals surface area contributed by atoms with Crippen LogP contribution in [-0.2, 0) is 4.79 Å². The van der Waals surface area contributed by atoms with Crippen molar-refractivity contribution in [1.82, 2.24) is 5.32 Å². The molecule has 5 heteroatoms. The normalized spacial score (nSPS) is 24.3. The highest BCUT2D eigenvalue weighted by Crippen LogP contribution is 2.48. The van der Waals surface area contributed by atoms with Crippen LogP contribution in [-0.4, -0.2) is 25.2 Å². The minimum atomic E-state index is -0.238. The summed E-state index contributed by atoms with van der Waals surface area (Å²) in [7, 11) is 0. The van der Waals surface area contributed by atoms with Crippen LogP contribution in [0, 0.1) is 11.7 Å². The summed E-state index contributed by atoms with van der Waals surface area (Å²) in [5, 5.41) is 2.90. The van der Waals surface area contributed by atoms with E-state index in [0.717, 1.165) is 5.75 Å². The van der Waals surface area contributed by atoms with E-state index in [1.165, 1.54) is 6.07 Å². The average Bonchev–Trinajstić information content (AvgIpc) is 3.40. The summed E-state index contributed by atoms with van der Waals surface area (Å²) in [6, 6.07) is 14.1. The molecule has 2 aliphatic rings. The van der Waals surface area contributed by atoms with Gasteiger partial charge < -0.3 is 14.8 Å². The first kappa shape index (κ1) is 15.0. The van der Waals surface area contributed by atoms with Crippen molar-refractivity contribution in [1.29, 1.82) is 0 Å². The molecule has 0 spiro atoms. The predicted octanol–water partition coefficient (Wildman–Crippen LogP) is 2.89. The Hall–Kier alpha value is -2.56. The van der Waals surface area contributed by atoms with Crippen molar-refractivity contribution in [2.75, 3.05) is 13.2 Å². The second-order valence-corrected chi connectivity index (χ2v) is 6.21. The molecule has 1 saturated carbocycles. The van der Waals surface area contributed by atoms with Gasteiger partial charge in [-0.2, -0.15) is 0 Å². The molecule has 4 nitrogen and oxygen atoms in total. The molecule has 0 saturated heterocycles. The van der Waals surface area contributed by atoms with Gasteiger partial charge in [0.25, 0.3) is 0 Å². The van der Waals surface area contributed by atoms with Crippen molar-refractivity contribution in [3.63, 3.8) is 0 Å². The molecule has 1 N–H and O–H groups in total. The zero-order chi connectivity index (χ0) is 16.5. The number of benzene rings is 2. The van der Waals surface area contributed by atoms with E-state index in [4.69, 9.17) is 9.47 Å². The van der Waals surface area contributed by atoms with Crippen LogP contribution in [0.25, 0.3) is 0 Å². The van der Waals surface area contributed by atoms with Gasteiger partial charge in [0.15, 0.2) is 11.5 Å². The summed E-state index contributed by atoms with van der Waals surface area (Å²) in [5.74, 6) is 0.957. The fraction of sp³-hybridized carbons (Fsp3) is 0.316. The number of carbonyl (C=O) groups excluding carboxylic acids is 1. The van der Waals surface area contributed by atoms with Crippen molar-refractivity contribution in [2.24, 2.45) is 5.92 Å². The lowest BCUT2D eigenvalue weighted by molar-refractivity contribution is -0.122. The lowest BCUT2D eigenvalue weighted by atomic mass is 10.1. The standard InChI is InChI=1S/C19H18FNO3/c20-16-6-2-1-5-13(16)14-9-15(14)19(22)21-10-12-11-23-17-7-3-4-8-18(17)24-12/h1-8,12,14-15H,9-11H2,(H,21,22).